The fourth-order valence-electron chi connectivity index (χ4n) is 1.90. The summed E-state index contributed by atoms with van der Waals surface area (Å²) in [5.74, 6) is 1.01. The van der Waals surface area contributed by atoms with Gasteiger partial charge in [-0.2, -0.15) is 5.10 Å². The number of carbonyl (C=O) groups excluding carboxylic acids is 1. The minimum atomic E-state index is -0.567. The Balaban J connectivity index is 2.11. The third kappa shape index (κ3) is 4.91. The molecular formula is C17H24N4O3. The van der Waals surface area contributed by atoms with Gasteiger partial charge in [-0.3, -0.25) is 10.00 Å². The Morgan fingerprint density at radius 1 is 1.33 bits per heavy atom. The minimum Gasteiger partial charge on any atom is -0.452 e. The predicted molar refractivity (Wildman–Crippen MR) is 93.4 cm³/mol. The number of nitrogens with two attached hydrogens (primary N) is 1. The summed E-state index contributed by atoms with van der Waals surface area (Å²) in [4.78, 5) is 11.8. The highest BCUT2D eigenvalue weighted by Crippen LogP contribution is 2.30. The lowest BCUT2D eigenvalue weighted by Gasteiger charge is -2.20. The molecule has 2 aromatic rings. The molecule has 0 saturated heterocycles. The minimum absolute atomic E-state index is 0.236. The fourth-order valence-corrected chi connectivity index (χ4v) is 1.90. The molecule has 1 heterocycles. The van der Waals surface area contributed by atoms with E-state index in [1.54, 1.807) is 56.0 Å². The first-order valence-electron chi connectivity index (χ1n) is 7.75. The van der Waals surface area contributed by atoms with E-state index < -0.39 is 11.7 Å². The van der Waals surface area contributed by atoms with Gasteiger partial charge in [-0.05, 0) is 46.8 Å². The van der Waals surface area contributed by atoms with Gasteiger partial charge in [0.05, 0.1) is 18.1 Å². The van der Waals surface area contributed by atoms with Crippen LogP contribution in [-0.4, -0.2) is 21.5 Å². The predicted octanol–water partition coefficient (Wildman–Crippen LogP) is 4.19. The van der Waals surface area contributed by atoms with Gasteiger partial charge in [0.25, 0.3) is 0 Å². The number of ether oxygens (including phenoxy) is 2. The van der Waals surface area contributed by atoms with E-state index in [4.69, 9.17) is 15.2 Å². The second-order valence-electron chi connectivity index (χ2n) is 6.73. The summed E-state index contributed by atoms with van der Waals surface area (Å²) in [6, 6.07) is 5.23. The largest absolute Gasteiger partial charge is 0.452 e. The van der Waals surface area contributed by atoms with Gasteiger partial charge >= 0.3 is 6.09 Å². The molecule has 1 amide bonds. The monoisotopic (exact) mass is 332 g/mol. The molecule has 0 aliphatic rings. The summed E-state index contributed by atoms with van der Waals surface area (Å²) >= 11 is 0. The number of nitrogen functional groups attached to an aromatic ring is 1. The molecule has 1 aromatic carbocycles. The second kappa shape index (κ2) is 6.82. The zero-order valence-corrected chi connectivity index (χ0v) is 14.7. The Morgan fingerprint density at radius 2 is 2.04 bits per heavy atom. The van der Waals surface area contributed by atoms with Crippen molar-refractivity contribution in [3.05, 3.63) is 30.6 Å². The second-order valence-corrected chi connectivity index (χ2v) is 6.73. The molecule has 3 N–H and O–H groups in total. The number of amides is 1. The number of carbonyl (C=O) groups is 1. The summed E-state index contributed by atoms with van der Waals surface area (Å²) in [6.45, 7) is 9.45. The van der Waals surface area contributed by atoms with Crippen molar-refractivity contribution in [2.75, 3.05) is 11.1 Å². The summed E-state index contributed by atoms with van der Waals surface area (Å²) in [6.07, 6.45) is 2.87. The number of nitrogens with one attached hydrogen (secondary N) is 1. The maximum Gasteiger partial charge on any atom is 0.412 e. The van der Waals surface area contributed by atoms with E-state index in [0.29, 0.717) is 22.9 Å². The molecule has 7 nitrogen and oxygen atoms in total. The van der Waals surface area contributed by atoms with Gasteiger partial charge in [0.1, 0.15) is 5.60 Å². The number of nitrogens with zero attached hydrogens (tertiary/aromatic N) is 2. The van der Waals surface area contributed by atoms with Crippen LogP contribution < -0.4 is 15.8 Å². The van der Waals surface area contributed by atoms with Gasteiger partial charge in [0, 0.05) is 17.8 Å². The SMILES string of the molecule is CC(C)n1cc(Oc2cc(NC(=O)OC(C)(C)C)ccc2N)cn1. The summed E-state index contributed by atoms with van der Waals surface area (Å²) in [5.41, 5.74) is 6.37. The standard InChI is InChI=1S/C17H24N4O3/c1-11(2)21-10-13(9-19-21)23-15-8-12(6-7-14(15)18)20-16(22)24-17(3,4)5/h6-11H,18H2,1-5H3,(H,20,22). The van der Waals surface area contributed by atoms with Crippen molar-refractivity contribution in [2.24, 2.45) is 0 Å². The van der Waals surface area contributed by atoms with Crippen LogP contribution in [-0.2, 0) is 4.74 Å². The van der Waals surface area contributed by atoms with Crippen LogP contribution in [0.25, 0.3) is 0 Å². The van der Waals surface area contributed by atoms with E-state index in [9.17, 15) is 4.79 Å². The Bertz CT molecular complexity index is 717. The normalized spacial score (nSPS) is 11.4. The summed E-state index contributed by atoms with van der Waals surface area (Å²) in [5, 5.41) is 6.87. The highest BCUT2D eigenvalue weighted by Gasteiger charge is 2.16. The first-order valence-corrected chi connectivity index (χ1v) is 7.75. The quantitative estimate of drug-likeness (QED) is 0.819. The van der Waals surface area contributed by atoms with Crippen LogP contribution in [0.3, 0.4) is 0 Å². The average molecular weight is 332 g/mol. The van der Waals surface area contributed by atoms with Crippen LogP contribution in [0.5, 0.6) is 11.5 Å². The van der Waals surface area contributed by atoms with Gasteiger partial charge in [-0.25, -0.2) is 4.79 Å². The topological polar surface area (TPSA) is 91.4 Å². The molecule has 0 atom stereocenters. The zero-order valence-electron chi connectivity index (χ0n) is 14.7. The Labute approximate surface area is 141 Å². The van der Waals surface area contributed by atoms with Crippen molar-refractivity contribution in [1.29, 1.82) is 0 Å². The van der Waals surface area contributed by atoms with Gasteiger partial charge in [-0.15, -0.1) is 0 Å². The average Bonchev–Trinajstić information content (AvgIpc) is 2.89. The molecule has 0 unspecified atom stereocenters. The molecule has 7 heteroatoms. The molecule has 0 saturated carbocycles. The van der Waals surface area contributed by atoms with Crippen molar-refractivity contribution in [3.8, 4) is 11.5 Å². The van der Waals surface area contributed by atoms with Crippen LogP contribution in [0.1, 0.15) is 40.7 Å². The third-order valence-electron chi connectivity index (χ3n) is 2.99. The maximum absolute atomic E-state index is 11.8. The van der Waals surface area contributed by atoms with Crippen LogP contribution in [0.2, 0.25) is 0 Å². The molecule has 0 aliphatic heterocycles. The number of hydrogen-bond acceptors (Lipinski definition) is 5. The number of rotatable bonds is 4. The first-order chi connectivity index (χ1) is 11.1. The maximum atomic E-state index is 11.8. The molecule has 0 spiro atoms. The highest BCUT2D eigenvalue weighted by atomic mass is 16.6. The molecule has 1 aromatic heterocycles. The lowest BCUT2D eigenvalue weighted by molar-refractivity contribution is 0.0636. The van der Waals surface area contributed by atoms with Crippen LogP contribution >= 0.6 is 0 Å². The van der Waals surface area contributed by atoms with Crippen molar-refractivity contribution < 1.29 is 14.3 Å². The van der Waals surface area contributed by atoms with E-state index in [1.807, 2.05) is 13.8 Å². The van der Waals surface area contributed by atoms with Crippen molar-refractivity contribution >= 4 is 17.5 Å². The van der Waals surface area contributed by atoms with E-state index in [1.165, 1.54) is 0 Å². The molecule has 0 bridgehead atoms. The van der Waals surface area contributed by atoms with E-state index in [-0.39, 0.29) is 6.04 Å². The Kier molecular flexibility index (Phi) is 5.02. The first kappa shape index (κ1) is 17.7. The van der Waals surface area contributed by atoms with Crippen LogP contribution in [0.4, 0.5) is 16.2 Å². The highest BCUT2D eigenvalue weighted by molar-refractivity contribution is 5.85. The van der Waals surface area contributed by atoms with Gasteiger partial charge < -0.3 is 15.2 Å². The summed E-state index contributed by atoms with van der Waals surface area (Å²) < 4.78 is 12.8. The zero-order chi connectivity index (χ0) is 17.9. The van der Waals surface area contributed by atoms with Crippen LogP contribution in [0.15, 0.2) is 30.6 Å². The van der Waals surface area contributed by atoms with Crippen molar-refractivity contribution in [3.63, 3.8) is 0 Å². The third-order valence-corrected chi connectivity index (χ3v) is 2.99. The number of benzene rings is 1. The Morgan fingerprint density at radius 3 is 2.62 bits per heavy atom. The lowest BCUT2D eigenvalue weighted by atomic mass is 10.2. The molecule has 2 rings (SSSR count). The lowest BCUT2D eigenvalue weighted by Crippen LogP contribution is -2.27. The Hall–Kier alpha value is -2.70. The molecule has 130 valence electrons. The molecule has 24 heavy (non-hydrogen) atoms. The van der Waals surface area contributed by atoms with Crippen molar-refractivity contribution in [2.45, 2.75) is 46.3 Å². The van der Waals surface area contributed by atoms with Gasteiger partial charge in [0.2, 0.25) is 0 Å². The van der Waals surface area contributed by atoms with Gasteiger partial charge in [-0.1, -0.05) is 0 Å². The molecular weight excluding hydrogens is 308 g/mol. The number of anilines is 2. The smallest absolute Gasteiger partial charge is 0.412 e. The summed E-state index contributed by atoms with van der Waals surface area (Å²) in [7, 11) is 0. The molecule has 0 fully saturated rings. The number of aromatic nitrogens is 2. The van der Waals surface area contributed by atoms with Crippen LogP contribution in [0, 0.1) is 0 Å². The van der Waals surface area contributed by atoms with E-state index >= 15 is 0 Å². The van der Waals surface area contributed by atoms with E-state index in [0.717, 1.165) is 0 Å². The number of hydrogen-bond donors (Lipinski definition) is 2. The van der Waals surface area contributed by atoms with E-state index in [2.05, 4.69) is 10.4 Å². The molecule has 0 aliphatic carbocycles. The fraction of sp³-hybridized carbons (Fsp3) is 0.412. The van der Waals surface area contributed by atoms with Crippen molar-refractivity contribution in [1.82, 2.24) is 9.78 Å². The molecule has 0 radical (unpaired) electrons. The van der Waals surface area contributed by atoms with Gasteiger partial charge in [0.15, 0.2) is 11.5 Å².